The molecule has 1 N–H and O–H groups in total. The molecule has 0 aromatic rings. The molecule has 1 rings (SSSR count). The van der Waals surface area contributed by atoms with Crippen LogP contribution in [0.3, 0.4) is 0 Å². The van der Waals surface area contributed by atoms with E-state index in [1.54, 1.807) is 18.2 Å². The Balaban J connectivity index is 2.86. The first kappa shape index (κ1) is 11.5. The molecule has 0 unspecified atom stereocenters. The van der Waals surface area contributed by atoms with E-state index in [1.807, 2.05) is 20.8 Å². The number of carbonyl (C=O) groups is 1. The van der Waals surface area contributed by atoms with Crippen LogP contribution in [0.2, 0.25) is 0 Å². The lowest BCUT2D eigenvalue weighted by Crippen LogP contribution is -2.03. The van der Waals surface area contributed by atoms with Crippen LogP contribution >= 0.6 is 0 Å². The molecule has 0 aromatic carbocycles. The van der Waals surface area contributed by atoms with Gasteiger partial charge in [0.05, 0.1) is 12.0 Å². The normalized spacial score (nSPS) is 28.8. The quantitative estimate of drug-likeness (QED) is 0.568. The van der Waals surface area contributed by atoms with Gasteiger partial charge in [0.1, 0.15) is 0 Å². The molecule has 0 spiro atoms. The minimum Gasteiger partial charge on any atom is -0.481 e. The highest BCUT2D eigenvalue weighted by molar-refractivity contribution is 5.76. The molecule has 0 radical (unpaired) electrons. The van der Waals surface area contributed by atoms with E-state index in [-0.39, 0.29) is 17.3 Å². The average molecular weight is 205 g/mol. The molecule has 3 heteroatoms. The minimum absolute atomic E-state index is 0.0270. The predicted octanol–water partition coefficient (Wildman–Crippen LogP) is 2.37. The molecular formula is C12H15NO2. The van der Waals surface area contributed by atoms with E-state index in [0.29, 0.717) is 5.57 Å². The van der Waals surface area contributed by atoms with Crippen LogP contribution in [0.15, 0.2) is 23.8 Å². The van der Waals surface area contributed by atoms with Gasteiger partial charge in [-0.25, -0.2) is 0 Å². The van der Waals surface area contributed by atoms with Gasteiger partial charge in [-0.1, -0.05) is 26.0 Å². The van der Waals surface area contributed by atoms with E-state index >= 15 is 0 Å². The van der Waals surface area contributed by atoms with Crippen LogP contribution in [-0.2, 0) is 4.79 Å². The second-order valence-electron chi connectivity index (χ2n) is 4.40. The molecule has 0 aliphatic heterocycles. The summed E-state index contributed by atoms with van der Waals surface area (Å²) < 4.78 is 0. The lowest BCUT2D eigenvalue weighted by molar-refractivity contribution is -0.139. The first-order chi connectivity index (χ1) is 6.95. The number of nitrogens with zero attached hydrogens (tertiary/aromatic N) is 1. The molecule has 0 aromatic heterocycles. The molecule has 80 valence electrons. The van der Waals surface area contributed by atoms with E-state index < -0.39 is 5.97 Å². The fourth-order valence-electron chi connectivity index (χ4n) is 1.96. The zero-order valence-electron chi connectivity index (χ0n) is 9.19. The van der Waals surface area contributed by atoms with Gasteiger partial charge in [-0.2, -0.15) is 5.26 Å². The maximum Gasteiger partial charge on any atom is 0.307 e. The Morgan fingerprint density at radius 2 is 2.13 bits per heavy atom. The van der Waals surface area contributed by atoms with E-state index in [0.717, 1.165) is 0 Å². The molecule has 1 fully saturated rings. The molecule has 0 amide bonds. The minimum atomic E-state index is -0.779. The van der Waals surface area contributed by atoms with Crippen LogP contribution in [0.4, 0.5) is 0 Å². The topological polar surface area (TPSA) is 61.1 Å². The Morgan fingerprint density at radius 1 is 1.53 bits per heavy atom. The summed E-state index contributed by atoms with van der Waals surface area (Å²) in [7, 11) is 0. The van der Waals surface area contributed by atoms with Crippen LogP contribution in [0.1, 0.15) is 20.8 Å². The Labute approximate surface area is 89.7 Å². The standard InChI is InChI=1S/C12H15NO2/c1-4-5-8(7-13)6-9-10(11(14)15)12(9,2)3/h4-6,9-10H,1-3H3,(H,14,15)/b5-4+,8-6-/t9-,10+/m1/s1. The van der Waals surface area contributed by atoms with Crippen molar-refractivity contribution in [2.24, 2.45) is 17.3 Å². The predicted molar refractivity (Wildman–Crippen MR) is 56.9 cm³/mol. The molecule has 2 atom stereocenters. The fourth-order valence-corrected chi connectivity index (χ4v) is 1.96. The molecule has 0 heterocycles. The highest BCUT2D eigenvalue weighted by atomic mass is 16.4. The summed E-state index contributed by atoms with van der Waals surface area (Å²) in [5.74, 6) is -1.16. The van der Waals surface area contributed by atoms with Gasteiger partial charge < -0.3 is 5.11 Å². The summed E-state index contributed by atoms with van der Waals surface area (Å²) in [6, 6.07) is 2.05. The Bertz CT molecular complexity index is 372. The molecule has 1 aliphatic carbocycles. The second kappa shape index (κ2) is 3.90. The summed E-state index contributed by atoms with van der Waals surface area (Å²) in [4.78, 5) is 10.9. The lowest BCUT2D eigenvalue weighted by atomic mass is 10.1. The third-order valence-electron chi connectivity index (χ3n) is 3.01. The monoisotopic (exact) mass is 205 g/mol. The van der Waals surface area contributed by atoms with Gasteiger partial charge in [-0.3, -0.25) is 4.79 Å². The maximum absolute atomic E-state index is 10.9. The van der Waals surface area contributed by atoms with Crippen LogP contribution < -0.4 is 0 Å². The van der Waals surface area contributed by atoms with Crippen molar-refractivity contribution >= 4 is 5.97 Å². The van der Waals surface area contributed by atoms with Gasteiger partial charge >= 0.3 is 5.97 Å². The number of allylic oxidation sites excluding steroid dienone is 4. The lowest BCUT2D eigenvalue weighted by Gasteiger charge is -1.96. The summed E-state index contributed by atoms with van der Waals surface area (Å²) in [6.45, 7) is 5.66. The van der Waals surface area contributed by atoms with Gasteiger partial charge in [-0.05, 0) is 24.3 Å². The van der Waals surface area contributed by atoms with E-state index in [4.69, 9.17) is 10.4 Å². The van der Waals surface area contributed by atoms with Crippen LogP contribution in [-0.4, -0.2) is 11.1 Å². The van der Waals surface area contributed by atoms with E-state index in [1.165, 1.54) is 0 Å². The van der Waals surface area contributed by atoms with Gasteiger partial charge in [-0.15, -0.1) is 0 Å². The number of carboxylic acids is 1. The zero-order valence-corrected chi connectivity index (χ0v) is 9.19. The van der Waals surface area contributed by atoms with E-state index in [2.05, 4.69) is 6.07 Å². The van der Waals surface area contributed by atoms with Gasteiger partial charge in [0.25, 0.3) is 0 Å². The van der Waals surface area contributed by atoms with Gasteiger partial charge in [0.15, 0.2) is 0 Å². The van der Waals surface area contributed by atoms with Crippen LogP contribution in [0, 0.1) is 28.6 Å². The number of aliphatic carboxylic acids is 1. The first-order valence-corrected chi connectivity index (χ1v) is 4.92. The van der Waals surface area contributed by atoms with Gasteiger partial charge in [0.2, 0.25) is 0 Å². The maximum atomic E-state index is 10.9. The molecule has 0 saturated heterocycles. The van der Waals surface area contributed by atoms with Crippen LogP contribution in [0.5, 0.6) is 0 Å². The molecule has 0 bridgehead atoms. The van der Waals surface area contributed by atoms with Crippen molar-refractivity contribution in [3.63, 3.8) is 0 Å². The molecule has 15 heavy (non-hydrogen) atoms. The number of nitriles is 1. The summed E-state index contributed by atoms with van der Waals surface area (Å²) in [6.07, 6.45) is 5.24. The number of hydrogen-bond acceptors (Lipinski definition) is 2. The molecule has 3 nitrogen and oxygen atoms in total. The van der Waals surface area contributed by atoms with Crippen molar-refractivity contribution in [1.82, 2.24) is 0 Å². The number of carboxylic acid groups (broad SMARTS) is 1. The van der Waals surface area contributed by atoms with Crippen molar-refractivity contribution < 1.29 is 9.90 Å². The van der Waals surface area contributed by atoms with Crippen molar-refractivity contribution in [3.05, 3.63) is 23.8 Å². The average Bonchev–Trinajstić information content (AvgIpc) is 2.67. The highest BCUT2D eigenvalue weighted by Gasteiger charge is 2.60. The third kappa shape index (κ3) is 2.10. The Hall–Kier alpha value is -1.56. The largest absolute Gasteiger partial charge is 0.481 e. The Kier molecular flexibility index (Phi) is 2.99. The number of hydrogen-bond donors (Lipinski definition) is 1. The van der Waals surface area contributed by atoms with E-state index in [9.17, 15) is 4.79 Å². The summed E-state index contributed by atoms with van der Waals surface area (Å²) >= 11 is 0. The van der Waals surface area contributed by atoms with Crippen molar-refractivity contribution in [2.75, 3.05) is 0 Å². The third-order valence-corrected chi connectivity index (χ3v) is 3.01. The SMILES string of the molecule is C/C=C/C(C#N)=C/[C@@H]1[C@@H](C(=O)O)C1(C)C. The zero-order chi connectivity index (χ0) is 11.6. The highest BCUT2D eigenvalue weighted by Crippen LogP contribution is 2.59. The van der Waals surface area contributed by atoms with Crippen molar-refractivity contribution in [3.8, 4) is 6.07 Å². The first-order valence-electron chi connectivity index (χ1n) is 4.92. The van der Waals surface area contributed by atoms with Gasteiger partial charge in [0, 0.05) is 5.57 Å². The summed E-state index contributed by atoms with van der Waals surface area (Å²) in [5.41, 5.74) is 0.314. The Morgan fingerprint density at radius 3 is 2.47 bits per heavy atom. The fraction of sp³-hybridized carbons (Fsp3) is 0.500. The molecule has 1 saturated carbocycles. The second-order valence-corrected chi connectivity index (χ2v) is 4.40. The summed E-state index contributed by atoms with van der Waals surface area (Å²) in [5, 5.41) is 17.8. The van der Waals surface area contributed by atoms with Crippen molar-refractivity contribution in [2.45, 2.75) is 20.8 Å². The molecular weight excluding hydrogens is 190 g/mol. The smallest absolute Gasteiger partial charge is 0.307 e. The molecule has 1 aliphatic rings. The number of rotatable bonds is 3. The van der Waals surface area contributed by atoms with Crippen molar-refractivity contribution in [1.29, 1.82) is 5.26 Å². The van der Waals surface area contributed by atoms with Crippen LogP contribution in [0.25, 0.3) is 0 Å².